The summed E-state index contributed by atoms with van der Waals surface area (Å²) in [6.07, 6.45) is 2.14. The van der Waals surface area contributed by atoms with Gasteiger partial charge in [-0.25, -0.2) is 10.2 Å². The van der Waals surface area contributed by atoms with E-state index in [1.165, 1.54) is 0 Å². The minimum absolute atomic E-state index is 0.149. The SMILES string of the molecule is Cc1c(C(=O)Oc2cccc3ccccc23)oc2c1/C(=N/NC(=O)COc1ccccc1)CCC2. The van der Waals surface area contributed by atoms with E-state index in [4.69, 9.17) is 13.9 Å². The van der Waals surface area contributed by atoms with Gasteiger partial charge in [-0.3, -0.25) is 4.79 Å². The Morgan fingerprint density at radius 3 is 2.60 bits per heavy atom. The average Bonchev–Trinajstić information content (AvgIpc) is 3.24. The topological polar surface area (TPSA) is 90.1 Å². The van der Waals surface area contributed by atoms with E-state index in [1.807, 2.05) is 61.5 Å². The molecule has 0 aliphatic heterocycles. The molecule has 1 aliphatic rings. The predicted molar refractivity (Wildman–Crippen MR) is 132 cm³/mol. The van der Waals surface area contributed by atoms with Crippen molar-refractivity contribution in [1.29, 1.82) is 0 Å². The highest BCUT2D eigenvalue weighted by Gasteiger charge is 2.29. The summed E-state index contributed by atoms with van der Waals surface area (Å²) in [5.41, 5.74) is 4.63. The third-order valence-corrected chi connectivity index (χ3v) is 5.89. The first kappa shape index (κ1) is 22.4. The molecule has 3 aromatic carbocycles. The maximum atomic E-state index is 13.0. The summed E-state index contributed by atoms with van der Waals surface area (Å²) >= 11 is 0. The monoisotopic (exact) mass is 468 g/mol. The van der Waals surface area contributed by atoms with E-state index in [1.54, 1.807) is 18.2 Å². The van der Waals surface area contributed by atoms with Crippen LogP contribution >= 0.6 is 0 Å². The van der Waals surface area contributed by atoms with E-state index in [-0.39, 0.29) is 18.3 Å². The molecule has 0 saturated carbocycles. The fourth-order valence-electron chi connectivity index (χ4n) is 4.23. The molecule has 0 saturated heterocycles. The highest BCUT2D eigenvalue weighted by Crippen LogP contribution is 2.32. The van der Waals surface area contributed by atoms with Crippen LogP contribution in [-0.2, 0) is 11.2 Å². The second-order valence-corrected chi connectivity index (χ2v) is 8.27. The number of benzene rings is 3. The van der Waals surface area contributed by atoms with Crippen molar-refractivity contribution in [3.05, 3.63) is 95.4 Å². The number of hydrogen-bond acceptors (Lipinski definition) is 6. The molecular weight excluding hydrogens is 444 g/mol. The van der Waals surface area contributed by atoms with Crippen LogP contribution in [-0.4, -0.2) is 24.2 Å². The summed E-state index contributed by atoms with van der Waals surface area (Å²) in [6, 6.07) is 22.4. The van der Waals surface area contributed by atoms with Crippen molar-refractivity contribution in [2.75, 3.05) is 6.61 Å². The van der Waals surface area contributed by atoms with Crippen LogP contribution in [0.5, 0.6) is 11.5 Å². The lowest BCUT2D eigenvalue weighted by molar-refractivity contribution is -0.123. The Balaban J connectivity index is 1.32. The van der Waals surface area contributed by atoms with Gasteiger partial charge in [0.05, 0.1) is 5.71 Å². The predicted octanol–water partition coefficient (Wildman–Crippen LogP) is 5.20. The Morgan fingerprint density at radius 2 is 1.74 bits per heavy atom. The zero-order chi connectivity index (χ0) is 24.2. The molecule has 1 aromatic heterocycles. The van der Waals surface area contributed by atoms with Crippen molar-refractivity contribution in [2.45, 2.75) is 26.2 Å². The molecule has 5 rings (SSSR count). The van der Waals surface area contributed by atoms with Crippen LogP contribution in [0, 0.1) is 6.92 Å². The lowest BCUT2D eigenvalue weighted by Crippen LogP contribution is -2.27. The number of carbonyl (C=O) groups excluding carboxylic acids is 2. The van der Waals surface area contributed by atoms with Gasteiger partial charge in [-0.15, -0.1) is 0 Å². The maximum Gasteiger partial charge on any atom is 0.379 e. The standard InChI is InChI=1S/C28H24N2O5/c1-18-26-22(29-30-25(31)17-33-20-11-3-2-4-12-20)14-8-16-24(26)34-27(18)28(32)35-23-15-7-10-19-9-5-6-13-21(19)23/h2-7,9-13,15H,8,14,16-17H2,1H3,(H,30,31)/b29-22+. The number of carbonyl (C=O) groups is 2. The number of nitrogens with one attached hydrogen (secondary N) is 1. The molecule has 0 spiro atoms. The second kappa shape index (κ2) is 9.85. The number of aryl methyl sites for hydroxylation is 1. The van der Waals surface area contributed by atoms with Crippen LogP contribution < -0.4 is 14.9 Å². The third-order valence-electron chi connectivity index (χ3n) is 5.89. The number of furan rings is 1. The van der Waals surface area contributed by atoms with Gasteiger partial charge in [0.1, 0.15) is 17.3 Å². The first-order chi connectivity index (χ1) is 17.1. The first-order valence-corrected chi connectivity index (χ1v) is 11.5. The molecule has 1 N–H and O–H groups in total. The minimum atomic E-state index is -0.562. The van der Waals surface area contributed by atoms with Crippen LogP contribution in [0.25, 0.3) is 10.8 Å². The largest absolute Gasteiger partial charge is 0.484 e. The summed E-state index contributed by atoms with van der Waals surface area (Å²) in [4.78, 5) is 25.3. The number of hydrogen-bond donors (Lipinski definition) is 1. The molecule has 0 bridgehead atoms. The average molecular weight is 469 g/mol. The normalized spacial score (nSPS) is 13.9. The van der Waals surface area contributed by atoms with Gasteiger partial charge < -0.3 is 13.9 Å². The number of fused-ring (bicyclic) bond motifs is 2. The van der Waals surface area contributed by atoms with Gasteiger partial charge in [-0.2, -0.15) is 5.10 Å². The molecule has 176 valence electrons. The Kier molecular flexibility index (Phi) is 6.30. The van der Waals surface area contributed by atoms with Crippen LogP contribution in [0.15, 0.2) is 82.3 Å². The molecule has 0 atom stereocenters. The molecule has 1 amide bonds. The van der Waals surface area contributed by atoms with Crippen molar-refractivity contribution in [3.63, 3.8) is 0 Å². The highest BCUT2D eigenvalue weighted by molar-refractivity contribution is 6.06. The van der Waals surface area contributed by atoms with Crippen molar-refractivity contribution < 1.29 is 23.5 Å². The molecule has 35 heavy (non-hydrogen) atoms. The zero-order valence-electron chi connectivity index (χ0n) is 19.2. The van der Waals surface area contributed by atoms with Crippen molar-refractivity contribution in [3.8, 4) is 11.5 Å². The third kappa shape index (κ3) is 4.80. The van der Waals surface area contributed by atoms with Crippen LogP contribution in [0.3, 0.4) is 0 Å². The van der Waals surface area contributed by atoms with Crippen LogP contribution in [0.1, 0.15) is 40.3 Å². The van der Waals surface area contributed by atoms with E-state index < -0.39 is 5.97 Å². The van der Waals surface area contributed by atoms with Crippen LogP contribution in [0.4, 0.5) is 0 Å². The number of ether oxygens (including phenoxy) is 2. The lowest BCUT2D eigenvalue weighted by atomic mass is 9.93. The van der Waals surface area contributed by atoms with Gasteiger partial charge in [0, 0.05) is 22.9 Å². The van der Waals surface area contributed by atoms with Gasteiger partial charge in [0.25, 0.3) is 5.91 Å². The summed E-state index contributed by atoms with van der Waals surface area (Å²) in [5, 5.41) is 6.15. The molecule has 7 nitrogen and oxygen atoms in total. The molecule has 1 aliphatic carbocycles. The van der Waals surface area contributed by atoms with E-state index in [0.29, 0.717) is 41.4 Å². The van der Waals surface area contributed by atoms with E-state index >= 15 is 0 Å². The fraction of sp³-hybridized carbons (Fsp3) is 0.179. The highest BCUT2D eigenvalue weighted by atomic mass is 16.5. The number of hydrazone groups is 1. The van der Waals surface area contributed by atoms with E-state index in [2.05, 4.69) is 10.5 Å². The van der Waals surface area contributed by atoms with E-state index in [0.717, 1.165) is 22.8 Å². The Morgan fingerprint density at radius 1 is 0.971 bits per heavy atom. The number of amides is 1. The van der Waals surface area contributed by atoms with Crippen LogP contribution in [0.2, 0.25) is 0 Å². The quantitative estimate of drug-likeness (QED) is 0.239. The Hall–Kier alpha value is -4.39. The fourth-order valence-corrected chi connectivity index (χ4v) is 4.23. The van der Waals surface area contributed by atoms with E-state index in [9.17, 15) is 9.59 Å². The van der Waals surface area contributed by atoms with Crippen molar-refractivity contribution in [2.24, 2.45) is 5.10 Å². The second-order valence-electron chi connectivity index (χ2n) is 8.27. The summed E-state index contributed by atoms with van der Waals surface area (Å²) in [6.45, 7) is 1.66. The van der Waals surface area contributed by atoms with Gasteiger partial charge in [-0.1, -0.05) is 54.6 Å². The molecule has 0 radical (unpaired) electrons. The molecule has 0 fully saturated rings. The number of rotatable bonds is 6. The lowest BCUT2D eigenvalue weighted by Gasteiger charge is -2.13. The van der Waals surface area contributed by atoms with Gasteiger partial charge in [0.2, 0.25) is 5.76 Å². The maximum absolute atomic E-state index is 13.0. The molecule has 4 aromatic rings. The number of nitrogens with zero attached hydrogens (tertiary/aromatic N) is 1. The summed E-state index contributed by atoms with van der Waals surface area (Å²) < 4.78 is 17.1. The summed E-state index contributed by atoms with van der Waals surface area (Å²) in [5.74, 6) is 0.971. The van der Waals surface area contributed by atoms with Gasteiger partial charge in [-0.05, 0) is 43.4 Å². The number of para-hydroxylation sites is 1. The smallest absolute Gasteiger partial charge is 0.379 e. The molecule has 1 heterocycles. The Labute approximate surface area is 202 Å². The van der Waals surface area contributed by atoms with Crippen molar-refractivity contribution in [1.82, 2.24) is 5.43 Å². The zero-order valence-corrected chi connectivity index (χ0v) is 19.2. The minimum Gasteiger partial charge on any atom is -0.484 e. The number of esters is 1. The molecule has 0 unspecified atom stereocenters. The summed E-state index contributed by atoms with van der Waals surface area (Å²) in [7, 11) is 0. The molecular formula is C28H24N2O5. The Bertz CT molecular complexity index is 1420. The first-order valence-electron chi connectivity index (χ1n) is 11.5. The van der Waals surface area contributed by atoms with Gasteiger partial charge in [0.15, 0.2) is 6.61 Å². The molecule has 7 heteroatoms. The van der Waals surface area contributed by atoms with Crippen molar-refractivity contribution >= 4 is 28.4 Å². The van der Waals surface area contributed by atoms with Gasteiger partial charge >= 0.3 is 5.97 Å².